The molecule has 6 rings (SSSR count). The average Bonchev–Trinajstić information content (AvgIpc) is 3.35. The lowest BCUT2D eigenvalue weighted by Gasteiger charge is -2.54. The number of rotatable bonds is 13. The van der Waals surface area contributed by atoms with E-state index in [9.17, 15) is 15.0 Å². The number of carbonyl (C=O) groups is 1. The molecule has 0 aliphatic heterocycles. The first-order chi connectivity index (χ1) is 22.3. The predicted molar refractivity (Wildman–Crippen MR) is 184 cm³/mol. The maximum Gasteiger partial charge on any atom is 0.222 e. The summed E-state index contributed by atoms with van der Waals surface area (Å²) in [5, 5.41) is 21.2. The number of phenolic OH excluding ortho intramolecular Hbond substituents is 1. The molecule has 2 N–H and O–H groups in total. The average molecular weight is 632 g/mol. The summed E-state index contributed by atoms with van der Waals surface area (Å²) >= 11 is 0. The van der Waals surface area contributed by atoms with Crippen molar-refractivity contribution < 1.29 is 19.4 Å². The van der Waals surface area contributed by atoms with Gasteiger partial charge < -0.3 is 15.1 Å². The first-order valence-corrected chi connectivity index (χ1v) is 18.8. The fourth-order valence-electron chi connectivity index (χ4n) is 10.3. The molecular weight excluding hydrogens is 573 g/mol. The highest BCUT2D eigenvalue weighted by atomic mass is 19.1. The highest BCUT2D eigenvalue weighted by Gasteiger charge is 2.59. The summed E-state index contributed by atoms with van der Waals surface area (Å²) in [6.45, 7) is 3.94. The quantitative estimate of drug-likeness (QED) is 0.217. The SMILES string of the molecule is C[C@]12CC(F)C3c4ccc(O)cc4CC(CCCCCCN(CC4CCCCC4)C(=O)CCCc4ccccc4)C3C1CCC2O. The molecule has 7 atom stereocenters. The zero-order chi connectivity index (χ0) is 32.1. The first-order valence-electron chi connectivity index (χ1n) is 18.8. The number of aromatic hydroxyl groups is 1. The molecule has 0 radical (unpaired) electrons. The topological polar surface area (TPSA) is 60.8 Å². The molecule has 2 aromatic carbocycles. The summed E-state index contributed by atoms with van der Waals surface area (Å²) in [5.41, 5.74) is 3.20. The van der Waals surface area contributed by atoms with Crippen LogP contribution in [-0.4, -0.2) is 46.4 Å². The maximum absolute atomic E-state index is 16.1. The molecule has 0 bridgehead atoms. The van der Waals surface area contributed by atoms with Crippen molar-refractivity contribution in [1.82, 2.24) is 4.90 Å². The number of amides is 1. The fraction of sp³-hybridized carbons (Fsp3) is 0.683. The zero-order valence-electron chi connectivity index (χ0n) is 28.2. The first kappa shape index (κ1) is 33.5. The minimum Gasteiger partial charge on any atom is -0.508 e. The smallest absolute Gasteiger partial charge is 0.222 e. The van der Waals surface area contributed by atoms with Crippen molar-refractivity contribution in [2.24, 2.45) is 29.1 Å². The lowest BCUT2D eigenvalue weighted by molar-refractivity contribution is -0.132. The third-order valence-corrected chi connectivity index (χ3v) is 12.8. The van der Waals surface area contributed by atoms with E-state index in [-0.39, 0.29) is 23.0 Å². The minimum atomic E-state index is -0.953. The number of halogens is 1. The Morgan fingerprint density at radius 2 is 1.74 bits per heavy atom. The van der Waals surface area contributed by atoms with Crippen molar-refractivity contribution in [3.63, 3.8) is 0 Å². The number of nitrogens with zero attached hydrogens (tertiary/aromatic N) is 1. The number of aliphatic hydroxyl groups excluding tert-OH is 1. The van der Waals surface area contributed by atoms with E-state index in [1.165, 1.54) is 37.7 Å². The summed E-state index contributed by atoms with van der Waals surface area (Å²) in [5.74, 6) is 2.12. The standard InChI is InChI=1S/C41H58FNO3/c1-41-27-36(42)40-34-21-20-33(44)26-32(34)25-31(39(40)35(41)22-23-37(41)45)18-10-2-3-11-24-43(28-30-15-8-5-9-16-30)38(46)19-12-17-29-13-6-4-7-14-29/h4,6-7,13-14,20-21,26,30-31,35-37,39-40,44-45H,2-3,5,8-12,15-19,22-25,27-28H2,1H3/t31?,35?,36?,37?,39?,40?,41-/m0/s1. The number of benzene rings is 2. The van der Waals surface area contributed by atoms with Crippen LogP contribution in [0.2, 0.25) is 0 Å². The normalized spacial score (nSPS) is 30.8. The Balaban J connectivity index is 1.03. The van der Waals surface area contributed by atoms with Crippen LogP contribution >= 0.6 is 0 Å². The molecule has 0 aromatic heterocycles. The highest BCUT2D eigenvalue weighted by molar-refractivity contribution is 5.76. The predicted octanol–water partition coefficient (Wildman–Crippen LogP) is 9.17. The summed E-state index contributed by atoms with van der Waals surface area (Å²) in [4.78, 5) is 15.6. The molecule has 0 heterocycles. The van der Waals surface area contributed by atoms with Gasteiger partial charge in [-0.25, -0.2) is 4.39 Å². The van der Waals surface area contributed by atoms with Gasteiger partial charge in [0.25, 0.3) is 0 Å². The fourth-order valence-corrected chi connectivity index (χ4v) is 10.3. The number of aliphatic hydroxyl groups is 1. The van der Waals surface area contributed by atoms with Crippen LogP contribution in [0, 0.1) is 29.1 Å². The molecule has 6 unspecified atom stereocenters. The number of alkyl halides is 1. The molecule has 4 aliphatic carbocycles. The zero-order valence-corrected chi connectivity index (χ0v) is 28.2. The van der Waals surface area contributed by atoms with Gasteiger partial charge in [0.05, 0.1) is 6.10 Å². The number of fused-ring (bicyclic) bond motifs is 5. The van der Waals surface area contributed by atoms with Gasteiger partial charge in [0.1, 0.15) is 11.9 Å². The molecule has 3 saturated carbocycles. The number of unbranched alkanes of at least 4 members (excludes halogenated alkanes) is 3. The molecule has 4 nitrogen and oxygen atoms in total. The van der Waals surface area contributed by atoms with Gasteiger partial charge in [-0.3, -0.25) is 4.79 Å². The summed E-state index contributed by atoms with van der Waals surface area (Å²) in [7, 11) is 0. The van der Waals surface area contributed by atoms with Gasteiger partial charge in [-0.15, -0.1) is 0 Å². The Morgan fingerprint density at radius 1 is 0.957 bits per heavy atom. The van der Waals surface area contributed by atoms with Crippen LogP contribution in [0.3, 0.4) is 0 Å². The van der Waals surface area contributed by atoms with Crippen LogP contribution in [0.4, 0.5) is 4.39 Å². The number of hydrogen-bond acceptors (Lipinski definition) is 3. The van der Waals surface area contributed by atoms with Crippen LogP contribution in [0.5, 0.6) is 5.75 Å². The summed E-state index contributed by atoms with van der Waals surface area (Å²) in [6, 6.07) is 16.1. The van der Waals surface area contributed by atoms with Crippen molar-refractivity contribution in [2.75, 3.05) is 13.1 Å². The summed E-state index contributed by atoms with van der Waals surface area (Å²) < 4.78 is 16.1. The van der Waals surface area contributed by atoms with Crippen LogP contribution in [0.1, 0.15) is 126 Å². The Morgan fingerprint density at radius 3 is 2.54 bits per heavy atom. The van der Waals surface area contributed by atoms with Crippen LogP contribution in [0.25, 0.3) is 0 Å². The molecule has 1 amide bonds. The second-order valence-corrected chi connectivity index (χ2v) is 15.8. The molecule has 3 fully saturated rings. The second kappa shape index (κ2) is 15.2. The van der Waals surface area contributed by atoms with Crippen molar-refractivity contribution in [1.29, 1.82) is 0 Å². The lowest BCUT2D eigenvalue weighted by Crippen LogP contribution is -2.51. The van der Waals surface area contributed by atoms with Crippen LogP contribution in [-0.2, 0) is 17.6 Å². The molecule has 252 valence electrons. The highest BCUT2D eigenvalue weighted by Crippen LogP contribution is 2.63. The van der Waals surface area contributed by atoms with Crippen LogP contribution in [0.15, 0.2) is 48.5 Å². The van der Waals surface area contributed by atoms with E-state index in [2.05, 4.69) is 36.1 Å². The lowest BCUT2D eigenvalue weighted by atomic mass is 9.51. The molecule has 2 aromatic rings. The van der Waals surface area contributed by atoms with Crippen LogP contribution < -0.4 is 0 Å². The molecule has 4 aliphatic rings. The van der Waals surface area contributed by atoms with Crippen molar-refractivity contribution in [2.45, 2.75) is 134 Å². The Labute approximate surface area is 277 Å². The number of phenols is 1. The maximum atomic E-state index is 16.1. The number of carbonyl (C=O) groups excluding carboxylic acids is 1. The minimum absolute atomic E-state index is 0.126. The van der Waals surface area contributed by atoms with E-state index in [4.69, 9.17) is 0 Å². The molecule has 0 saturated heterocycles. The van der Waals surface area contributed by atoms with Gasteiger partial charge in [-0.1, -0.05) is 81.8 Å². The third kappa shape index (κ3) is 7.50. The molecule has 0 spiro atoms. The summed E-state index contributed by atoms with van der Waals surface area (Å²) in [6.07, 6.45) is 16.2. The largest absolute Gasteiger partial charge is 0.508 e. The third-order valence-electron chi connectivity index (χ3n) is 12.8. The second-order valence-electron chi connectivity index (χ2n) is 15.8. The van der Waals surface area contributed by atoms with E-state index in [0.29, 0.717) is 36.5 Å². The number of hydrogen-bond donors (Lipinski definition) is 2. The van der Waals surface area contributed by atoms with Gasteiger partial charge in [-0.2, -0.15) is 0 Å². The van der Waals surface area contributed by atoms with Crippen molar-refractivity contribution >= 4 is 5.91 Å². The van der Waals surface area contributed by atoms with Crippen molar-refractivity contribution in [3.05, 3.63) is 65.2 Å². The van der Waals surface area contributed by atoms with E-state index in [1.807, 2.05) is 18.2 Å². The van der Waals surface area contributed by atoms with Gasteiger partial charge in [-0.05, 0) is 122 Å². The van der Waals surface area contributed by atoms with Crippen molar-refractivity contribution in [3.8, 4) is 5.75 Å². The molecule has 5 heteroatoms. The number of aryl methyl sites for hydroxylation is 1. The molecular formula is C41H58FNO3. The Hall–Kier alpha value is -2.40. The monoisotopic (exact) mass is 631 g/mol. The van der Waals surface area contributed by atoms with Gasteiger partial charge in [0.2, 0.25) is 5.91 Å². The van der Waals surface area contributed by atoms with Gasteiger partial charge >= 0.3 is 0 Å². The van der Waals surface area contributed by atoms with E-state index < -0.39 is 12.3 Å². The van der Waals surface area contributed by atoms with E-state index >= 15 is 4.39 Å². The molecule has 46 heavy (non-hydrogen) atoms. The Bertz CT molecular complexity index is 1280. The van der Waals surface area contributed by atoms with E-state index in [1.54, 1.807) is 6.07 Å². The Kier molecular flexibility index (Phi) is 11.1. The van der Waals surface area contributed by atoms with E-state index in [0.717, 1.165) is 88.4 Å². The van der Waals surface area contributed by atoms with Gasteiger partial charge in [0.15, 0.2) is 0 Å². The van der Waals surface area contributed by atoms with Gasteiger partial charge in [0, 0.05) is 25.4 Å².